The van der Waals surface area contributed by atoms with Gasteiger partial charge in [0, 0.05) is 23.8 Å². The summed E-state index contributed by atoms with van der Waals surface area (Å²) in [6, 6.07) is 5.57. The van der Waals surface area contributed by atoms with Gasteiger partial charge in [-0.15, -0.1) is 0 Å². The lowest BCUT2D eigenvalue weighted by atomic mass is 9.92. The number of hydrogen-bond donors (Lipinski definition) is 1. The van der Waals surface area contributed by atoms with Crippen LogP contribution in [0.2, 0.25) is 0 Å². The predicted octanol–water partition coefficient (Wildman–Crippen LogP) is 3.20. The molecule has 1 N–H and O–H groups in total. The summed E-state index contributed by atoms with van der Waals surface area (Å²) in [5, 5.41) is 3.63. The van der Waals surface area contributed by atoms with Crippen molar-refractivity contribution in [3.63, 3.8) is 0 Å². The maximum atomic E-state index is 4.58. The number of nitrogens with zero attached hydrogens (tertiary/aromatic N) is 2. The fourth-order valence-electron chi connectivity index (χ4n) is 3.11. The van der Waals surface area contributed by atoms with Crippen LogP contribution in [0.1, 0.15) is 50.6 Å². The Bertz CT molecular complexity index is 400. The molecule has 1 aliphatic heterocycles. The summed E-state index contributed by atoms with van der Waals surface area (Å²) in [4.78, 5) is 7.15. The topological polar surface area (TPSA) is 28.2 Å². The van der Waals surface area contributed by atoms with E-state index in [4.69, 9.17) is 0 Å². The molecular weight excluding hydrogens is 222 g/mol. The minimum absolute atomic E-state index is 0.575. The molecule has 0 amide bonds. The lowest BCUT2D eigenvalue weighted by molar-refractivity contribution is 0.271. The van der Waals surface area contributed by atoms with Crippen LogP contribution < -0.4 is 5.32 Å². The second-order valence-electron chi connectivity index (χ2n) is 5.50. The zero-order valence-corrected chi connectivity index (χ0v) is 11.2. The van der Waals surface area contributed by atoms with Crippen molar-refractivity contribution < 1.29 is 0 Å². The summed E-state index contributed by atoms with van der Waals surface area (Å²) in [5.74, 6) is 1.13. The van der Waals surface area contributed by atoms with Crippen LogP contribution in [0.4, 0.5) is 5.82 Å². The molecular formula is C15H23N3. The van der Waals surface area contributed by atoms with Crippen LogP contribution in [-0.4, -0.2) is 29.0 Å². The Morgan fingerprint density at radius 3 is 2.94 bits per heavy atom. The Morgan fingerprint density at radius 1 is 1.33 bits per heavy atom. The van der Waals surface area contributed by atoms with Crippen molar-refractivity contribution in [2.45, 2.75) is 51.1 Å². The molecule has 2 heterocycles. The molecule has 1 saturated heterocycles. The fourth-order valence-corrected chi connectivity index (χ4v) is 3.11. The second kappa shape index (κ2) is 5.27. The number of likely N-dealkylation sites (tertiary alicyclic amines) is 1. The van der Waals surface area contributed by atoms with Crippen LogP contribution in [0.3, 0.4) is 0 Å². The van der Waals surface area contributed by atoms with Crippen molar-refractivity contribution in [3.05, 3.63) is 23.9 Å². The first-order chi connectivity index (χ1) is 8.88. The molecule has 98 valence electrons. The van der Waals surface area contributed by atoms with E-state index in [1.165, 1.54) is 44.2 Å². The maximum absolute atomic E-state index is 4.58. The molecule has 3 nitrogen and oxygen atoms in total. The lowest BCUT2D eigenvalue weighted by Crippen LogP contribution is -2.29. The summed E-state index contributed by atoms with van der Waals surface area (Å²) in [6.07, 6.45) is 8.48. The van der Waals surface area contributed by atoms with Gasteiger partial charge in [0.15, 0.2) is 0 Å². The van der Waals surface area contributed by atoms with Crippen molar-refractivity contribution in [2.24, 2.45) is 0 Å². The highest BCUT2D eigenvalue weighted by molar-refractivity contribution is 5.47. The molecule has 18 heavy (non-hydrogen) atoms. The number of rotatable bonds is 4. The van der Waals surface area contributed by atoms with Crippen LogP contribution in [-0.2, 0) is 0 Å². The lowest BCUT2D eigenvalue weighted by Gasteiger charge is -2.30. The van der Waals surface area contributed by atoms with E-state index in [-0.39, 0.29) is 0 Å². The first kappa shape index (κ1) is 12.0. The SMILES string of the molecule is CCN1CCCC1c1cccnc1NC1CCC1. The smallest absolute Gasteiger partial charge is 0.130 e. The van der Waals surface area contributed by atoms with E-state index >= 15 is 0 Å². The summed E-state index contributed by atoms with van der Waals surface area (Å²) >= 11 is 0. The normalized spacial score (nSPS) is 25.1. The van der Waals surface area contributed by atoms with Crippen LogP contribution in [0.15, 0.2) is 18.3 Å². The highest BCUT2D eigenvalue weighted by atomic mass is 15.2. The van der Waals surface area contributed by atoms with Crippen molar-refractivity contribution in [3.8, 4) is 0 Å². The first-order valence-electron chi connectivity index (χ1n) is 7.34. The van der Waals surface area contributed by atoms with E-state index in [2.05, 4.69) is 34.3 Å². The van der Waals surface area contributed by atoms with Gasteiger partial charge in [0.2, 0.25) is 0 Å². The second-order valence-corrected chi connectivity index (χ2v) is 5.50. The molecule has 1 atom stereocenters. The Labute approximate surface area is 110 Å². The number of hydrogen-bond acceptors (Lipinski definition) is 3. The largest absolute Gasteiger partial charge is 0.367 e. The third-order valence-electron chi connectivity index (χ3n) is 4.41. The molecule has 2 fully saturated rings. The number of pyridine rings is 1. The molecule has 1 saturated carbocycles. The minimum atomic E-state index is 0.575. The quantitative estimate of drug-likeness (QED) is 0.883. The molecule has 0 aromatic carbocycles. The minimum Gasteiger partial charge on any atom is -0.367 e. The van der Waals surface area contributed by atoms with Gasteiger partial charge in [-0.1, -0.05) is 13.0 Å². The van der Waals surface area contributed by atoms with Gasteiger partial charge in [-0.3, -0.25) is 4.90 Å². The molecule has 1 aromatic heterocycles. The maximum Gasteiger partial charge on any atom is 0.130 e. The van der Waals surface area contributed by atoms with Gasteiger partial charge in [0.25, 0.3) is 0 Å². The Kier molecular flexibility index (Phi) is 3.50. The molecule has 1 aromatic rings. The molecule has 0 bridgehead atoms. The monoisotopic (exact) mass is 245 g/mol. The van der Waals surface area contributed by atoms with Gasteiger partial charge in [-0.25, -0.2) is 4.98 Å². The molecule has 3 heteroatoms. The molecule has 3 rings (SSSR count). The zero-order valence-electron chi connectivity index (χ0n) is 11.2. The average molecular weight is 245 g/mol. The zero-order chi connectivity index (χ0) is 12.4. The van der Waals surface area contributed by atoms with E-state index in [1.54, 1.807) is 0 Å². The van der Waals surface area contributed by atoms with E-state index in [0.29, 0.717) is 12.1 Å². The van der Waals surface area contributed by atoms with E-state index in [0.717, 1.165) is 12.4 Å². The first-order valence-corrected chi connectivity index (χ1v) is 7.34. The third kappa shape index (κ3) is 2.24. The van der Waals surface area contributed by atoms with Crippen LogP contribution in [0.5, 0.6) is 0 Å². The van der Waals surface area contributed by atoms with Gasteiger partial charge in [-0.05, 0) is 51.3 Å². The van der Waals surface area contributed by atoms with E-state index in [9.17, 15) is 0 Å². The Morgan fingerprint density at radius 2 is 2.22 bits per heavy atom. The summed E-state index contributed by atoms with van der Waals surface area (Å²) < 4.78 is 0. The Hall–Kier alpha value is -1.09. The predicted molar refractivity (Wildman–Crippen MR) is 74.7 cm³/mol. The van der Waals surface area contributed by atoms with Crippen LogP contribution >= 0.6 is 0 Å². The summed E-state index contributed by atoms with van der Waals surface area (Å²) in [7, 11) is 0. The van der Waals surface area contributed by atoms with Gasteiger partial charge in [-0.2, -0.15) is 0 Å². The van der Waals surface area contributed by atoms with Gasteiger partial charge >= 0.3 is 0 Å². The van der Waals surface area contributed by atoms with Crippen molar-refractivity contribution in [1.29, 1.82) is 0 Å². The van der Waals surface area contributed by atoms with Crippen molar-refractivity contribution in [1.82, 2.24) is 9.88 Å². The highest BCUT2D eigenvalue weighted by Gasteiger charge is 2.28. The molecule has 1 unspecified atom stereocenters. The number of aromatic nitrogens is 1. The molecule has 2 aliphatic rings. The fraction of sp³-hybridized carbons (Fsp3) is 0.667. The van der Waals surface area contributed by atoms with Crippen LogP contribution in [0.25, 0.3) is 0 Å². The van der Waals surface area contributed by atoms with Crippen molar-refractivity contribution in [2.75, 3.05) is 18.4 Å². The highest BCUT2D eigenvalue weighted by Crippen LogP contribution is 2.35. The van der Waals surface area contributed by atoms with Gasteiger partial charge in [0.05, 0.1) is 0 Å². The molecule has 0 spiro atoms. The molecule has 0 radical (unpaired) electrons. The molecule has 1 aliphatic carbocycles. The van der Waals surface area contributed by atoms with Crippen molar-refractivity contribution >= 4 is 5.82 Å². The number of anilines is 1. The third-order valence-corrected chi connectivity index (χ3v) is 4.41. The summed E-state index contributed by atoms with van der Waals surface area (Å²) in [5.41, 5.74) is 1.41. The Balaban J connectivity index is 1.81. The van der Waals surface area contributed by atoms with Gasteiger partial charge in [0.1, 0.15) is 5.82 Å². The van der Waals surface area contributed by atoms with E-state index < -0.39 is 0 Å². The van der Waals surface area contributed by atoms with E-state index in [1.807, 2.05) is 6.20 Å². The average Bonchev–Trinajstić information content (AvgIpc) is 2.82. The standard InChI is InChI=1S/C15H23N3/c1-2-18-11-5-9-14(18)13-8-4-10-16-15(13)17-12-6-3-7-12/h4,8,10,12,14H,2-3,5-7,9,11H2,1H3,(H,16,17). The summed E-state index contributed by atoms with van der Waals surface area (Å²) in [6.45, 7) is 4.63. The van der Waals surface area contributed by atoms with Gasteiger partial charge < -0.3 is 5.32 Å². The van der Waals surface area contributed by atoms with Crippen LogP contribution in [0, 0.1) is 0 Å². The number of nitrogens with one attached hydrogen (secondary N) is 1.